The van der Waals surface area contributed by atoms with Gasteiger partial charge in [0.25, 0.3) is 0 Å². The van der Waals surface area contributed by atoms with Crippen LogP contribution in [0, 0.1) is 6.92 Å². The quantitative estimate of drug-likeness (QED) is 0.403. The molecule has 2 N–H and O–H groups in total. The minimum absolute atomic E-state index is 0.332. The van der Waals surface area contributed by atoms with E-state index in [1.165, 1.54) is 11.3 Å². The van der Waals surface area contributed by atoms with Crippen molar-refractivity contribution < 1.29 is 13.2 Å². The minimum atomic E-state index is -4.23. The molecule has 4 rings (SSSR count). The number of pyridine rings is 2. The van der Waals surface area contributed by atoms with Gasteiger partial charge in [0.1, 0.15) is 21.2 Å². The number of alkyl halides is 3. The topological polar surface area (TPSA) is 64.7 Å². The molecule has 4 aromatic rings. The van der Waals surface area contributed by atoms with Gasteiger partial charge in [-0.1, -0.05) is 23.5 Å². The van der Waals surface area contributed by atoms with Crippen molar-refractivity contribution in [3.8, 4) is 21.7 Å². The number of anilines is 1. The molecule has 0 aliphatic rings. The van der Waals surface area contributed by atoms with E-state index in [4.69, 9.17) is 10.7 Å². The molecule has 148 valence electrons. The summed E-state index contributed by atoms with van der Waals surface area (Å²) in [5.41, 5.74) is 9.81. The van der Waals surface area contributed by atoms with Crippen LogP contribution in [0.1, 0.15) is 5.56 Å². The smallest absolute Gasteiger partial charge is 0.384 e. The standard InChI is InChI=1S/C20H15F3N4S2/c1-11-4-5-12(7-15(11)28-10-20(21,22)23)14-8-16(24)26-19-17(14)27-18(29-19)13-3-2-6-25-9-13/h2-9H,10H2,1H3,(H2,24,26). The molecule has 0 aliphatic heterocycles. The molecule has 3 aromatic heterocycles. The van der Waals surface area contributed by atoms with Crippen molar-refractivity contribution in [2.24, 2.45) is 0 Å². The molecule has 4 nitrogen and oxygen atoms in total. The fraction of sp³-hybridized carbons (Fsp3) is 0.150. The number of nitrogen functional groups attached to an aromatic ring is 1. The Balaban J connectivity index is 1.80. The zero-order valence-electron chi connectivity index (χ0n) is 15.2. The number of thioether (sulfide) groups is 1. The molecule has 29 heavy (non-hydrogen) atoms. The van der Waals surface area contributed by atoms with Crippen LogP contribution in [0.5, 0.6) is 0 Å². The largest absolute Gasteiger partial charge is 0.398 e. The first-order valence-electron chi connectivity index (χ1n) is 8.58. The molecule has 9 heteroatoms. The number of nitrogens with zero attached hydrogens (tertiary/aromatic N) is 3. The maximum atomic E-state index is 12.7. The Hall–Kier alpha value is -2.65. The van der Waals surface area contributed by atoms with E-state index < -0.39 is 11.9 Å². The van der Waals surface area contributed by atoms with Crippen LogP contribution >= 0.6 is 23.1 Å². The predicted molar refractivity (Wildman–Crippen MR) is 112 cm³/mol. The third-order valence-corrected chi connectivity index (χ3v) is 6.41. The Morgan fingerprint density at radius 1 is 1.10 bits per heavy atom. The third kappa shape index (κ3) is 4.35. The van der Waals surface area contributed by atoms with Crippen molar-refractivity contribution in [1.29, 1.82) is 0 Å². The number of aromatic nitrogens is 3. The van der Waals surface area contributed by atoms with Crippen molar-refractivity contribution in [2.45, 2.75) is 18.0 Å². The zero-order chi connectivity index (χ0) is 20.6. The number of nitrogens with two attached hydrogens (primary N) is 1. The van der Waals surface area contributed by atoms with Gasteiger partial charge in [-0.3, -0.25) is 4.98 Å². The van der Waals surface area contributed by atoms with Gasteiger partial charge < -0.3 is 5.73 Å². The maximum Gasteiger partial charge on any atom is 0.398 e. The van der Waals surface area contributed by atoms with Gasteiger partial charge in [-0.15, -0.1) is 11.8 Å². The summed E-state index contributed by atoms with van der Waals surface area (Å²) in [4.78, 5) is 14.5. The highest BCUT2D eigenvalue weighted by Crippen LogP contribution is 2.38. The molecule has 3 heterocycles. The summed E-state index contributed by atoms with van der Waals surface area (Å²) in [6.07, 6.45) is -0.821. The van der Waals surface area contributed by atoms with Crippen LogP contribution in [-0.2, 0) is 0 Å². The van der Waals surface area contributed by atoms with E-state index in [0.717, 1.165) is 39.0 Å². The molecule has 0 bridgehead atoms. The lowest BCUT2D eigenvalue weighted by Gasteiger charge is -2.11. The summed E-state index contributed by atoms with van der Waals surface area (Å²) in [6.45, 7) is 1.79. The van der Waals surface area contributed by atoms with Crippen LogP contribution in [-0.4, -0.2) is 26.9 Å². The summed E-state index contributed by atoms with van der Waals surface area (Å²) < 4.78 is 38.0. The van der Waals surface area contributed by atoms with Gasteiger partial charge in [-0.05, 0) is 42.3 Å². The van der Waals surface area contributed by atoms with Crippen molar-refractivity contribution in [3.63, 3.8) is 0 Å². The number of hydrogen-bond donors (Lipinski definition) is 1. The molecular weight excluding hydrogens is 417 g/mol. The van der Waals surface area contributed by atoms with Gasteiger partial charge in [-0.25, -0.2) is 9.97 Å². The number of thiazole rings is 1. The van der Waals surface area contributed by atoms with E-state index in [2.05, 4.69) is 9.97 Å². The van der Waals surface area contributed by atoms with Gasteiger partial charge >= 0.3 is 6.18 Å². The number of benzene rings is 1. The third-order valence-electron chi connectivity index (χ3n) is 4.19. The van der Waals surface area contributed by atoms with Gasteiger partial charge in [0.15, 0.2) is 0 Å². The Bertz CT molecular complexity index is 1170. The Kier molecular flexibility index (Phi) is 5.18. The normalized spacial score (nSPS) is 11.9. The molecule has 0 spiro atoms. The summed E-state index contributed by atoms with van der Waals surface area (Å²) in [6, 6.07) is 10.9. The molecular formula is C20H15F3N4S2. The molecule has 0 aliphatic carbocycles. The first kappa shape index (κ1) is 19.7. The highest BCUT2D eigenvalue weighted by Gasteiger charge is 2.27. The molecule has 0 saturated carbocycles. The van der Waals surface area contributed by atoms with Crippen LogP contribution < -0.4 is 5.73 Å². The minimum Gasteiger partial charge on any atom is -0.384 e. The van der Waals surface area contributed by atoms with Crippen LogP contribution in [0.3, 0.4) is 0 Å². The van der Waals surface area contributed by atoms with Crippen LogP contribution in [0.2, 0.25) is 0 Å². The van der Waals surface area contributed by atoms with E-state index in [1.54, 1.807) is 31.5 Å². The van der Waals surface area contributed by atoms with E-state index in [-0.39, 0.29) is 0 Å². The van der Waals surface area contributed by atoms with Crippen molar-refractivity contribution in [1.82, 2.24) is 15.0 Å². The Morgan fingerprint density at radius 3 is 2.66 bits per heavy atom. The summed E-state index contributed by atoms with van der Waals surface area (Å²) in [5.74, 6) is -0.605. The average molecular weight is 432 g/mol. The number of hydrogen-bond acceptors (Lipinski definition) is 6. The highest BCUT2D eigenvalue weighted by atomic mass is 32.2. The van der Waals surface area contributed by atoms with Crippen molar-refractivity contribution >= 4 is 39.3 Å². The SMILES string of the molecule is Cc1ccc(-c2cc(N)nc3sc(-c4cccnc4)nc23)cc1SCC(F)(F)F. The fourth-order valence-electron chi connectivity index (χ4n) is 2.84. The molecule has 0 atom stereocenters. The molecule has 0 amide bonds. The first-order chi connectivity index (χ1) is 13.8. The maximum absolute atomic E-state index is 12.7. The fourth-order valence-corrected chi connectivity index (χ4v) is 4.63. The summed E-state index contributed by atoms with van der Waals surface area (Å²) in [5, 5.41) is 0.756. The van der Waals surface area contributed by atoms with E-state index in [9.17, 15) is 13.2 Å². The van der Waals surface area contributed by atoms with Crippen molar-refractivity contribution in [3.05, 3.63) is 54.4 Å². The first-order valence-corrected chi connectivity index (χ1v) is 10.4. The van der Waals surface area contributed by atoms with Crippen molar-refractivity contribution in [2.75, 3.05) is 11.5 Å². The monoisotopic (exact) mass is 432 g/mol. The number of aryl methyl sites for hydroxylation is 1. The summed E-state index contributed by atoms with van der Waals surface area (Å²) in [7, 11) is 0. The molecule has 1 aromatic carbocycles. The van der Waals surface area contributed by atoms with Crippen LogP contribution in [0.25, 0.3) is 32.0 Å². The van der Waals surface area contributed by atoms with E-state index >= 15 is 0 Å². The second-order valence-corrected chi connectivity index (χ2v) is 8.39. The molecule has 0 radical (unpaired) electrons. The Labute approximate surface area is 173 Å². The second-order valence-electron chi connectivity index (χ2n) is 6.39. The van der Waals surface area contributed by atoms with E-state index in [0.29, 0.717) is 21.1 Å². The summed E-state index contributed by atoms with van der Waals surface area (Å²) >= 11 is 2.17. The molecule has 0 fully saturated rings. The predicted octanol–water partition coefficient (Wildman–Crippen LogP) is 5.97. The molecule has 0 saturated heterocycles. The second kappa shape index (κ2) is 7.64. The van der Waals surface area contributed by atoms with Gasteiger partial charge in [0, 0.05) is 28.4 Å². The van der Waals surface area contributed by atoms with Gasteiger partial charge in [-0.2, -0.15) is 13.2 Å². The van der Waals surface area contributed by atoms with Gasteiger partial charge in [0.05, 0.1) is 5.75 Å². The number of fused-ring (bicyclic) bond motifs is 1. The molecule has 0 unspecified atom stereocenters. The lowest BCUT2D eigenvalue weighted by Crippen LogP contribution is -2.10. The lowest BCUT2D eigenvalue weighted by atomic mass is 10.0. The number of halogens is 3. The Morgan fingerprint density at radius 2 is 1.93 bits per heavy atom. The number of rotatable bonds is 4. The van der Waals surface area contributed by atoms with Crippen LogP contribution in [0.4, 0.5) is 19.0 Å². The van der Waals surface area contributed by atoms with Crippen LogP contribution in [0.15, 0.2) is 53.7 Å². The van der Waals surface area contributed by atoms with Gasteiger partial charge in [0.2, 0.25) is 0 Å². The van der Waals surface area contributed by atoms with E-state index in [1.807, 2.05) is 24.3 Å². The zero-order valence-corrected chi connectivity index (χ0v) is 16.8. The average Bonchev–Trinajstić information content (AvgIpc) is 3.11. The highest BCUT2D eigenvalue weighted by molar-refractivity contribution is 7.99. The lowest BCUT2D eigenvalue weighted by molar-refractivity contribution is -0.105.